The molecule has 128 valence electrons. The zero-order valence-electron chi connectivity index (χ0n) is 11.9. The van der Waals surface area contributed by atoms with Crippen LogP contribution >= 0.6 is 46.4 Å². The Morgan fingerprint density at radius 3 is 2.83 bits per heavy atom. The molecule has 1 aliphatic rings. The van der Waals surface area contributed by atoms with Gasteiger partial charge in [-0.3, -0.25) is 5.32 Å². The second-order valence-electron chi connectivity index (χ2n) is 4.86. The molecule has 0 bridgehead atoms. The average Bonchev–Trinajstić information content (AvgIpc) is 2.99. The molecule has 23 heavy (non-hydrogen) atoms. The Kier molecular flexibility index (Phi) is 6.85. The molecule has 2 heterocycles. The van der Waals surface area contributed by atoms with E-state index < -0.39 is 16.1 Å². The Morgan fingerprint density at radius 2 is 2.26 bits per heavy atom. The summed E-state index contributed by atoms with van der Waals surface area (Å²) in [6, 6.07) is 3.20. The van der Waals surface area contributed by atoms with E-state index in [4.69, 9.17) is 55.9 Å². The highest BCUT2D eigenvalue weighted by Crippen LogP contribution is 2.31. The quantitative estimate of drug-likeness (QED) is 0.579. The molecule has 2 rings (SSSR count). The van der Waals surface area contributed by atoms with Crippen LogP contribution < -0.4 is 10.6 Å². The third-order valence-corrected chi connectivity index (χ3v) is 3.91. The van der Waals surface area contributed by atoms with E-state index in [0.29, 0.717) is 17.4 Å². The smallest absolute Gasteiger partial charge is 0.408 e. The molecule has 0 spiro atoms. The second kappa shape index (κ2) is 8.44. The number of anilines is 1. The van der Waals surface area contributed by atoms with Gasteiger partial charge in [0.25, 0.3) is 0 Å². The number of carbonyl (C=O) groups excluding carboxylic acids is 1. The fourth-order valence-corrected chi connectivity index (χ4v) is 2.35. The number of alkyl halides is 3. The van der Waals surface area contributed by atoms with Crippen LogP contribution in [0.3, 0.4) is 0 Å². The minimum absolute atomic E-state index is 0.0853. The molecule has 2 unspecified atom stereocenters. The second-order valence-corrected chi connectivity index (χ2v) is 7.66. The third-order valence-electron chi connectivity index (χ3n) is 3.03. The van der Waals surface area contributed by atoms with Gasteiger partial charge in [0, 0.05) is 12.8 Å². The van der Waals surface area contributed by atoms with Gasteiger partial charge in [-0.1, -0.05) is 46.4 Å². The highest BCUT2D eigenvalue weighted by molar-refractivity contribution is 6.68. The van der Waals surface area contributed by atoms with Crippen molar-refractivity contribution in [2.75, 3.05) is 18.5 Å². The van der Waals surface area contributed by atoms with Crippen LogP contribution in [-0.4, -0.2) is 40.4 Å². The van der Waals surface area contributed by atoms with Gasteiger partial charge in [0.15, 0.2) is 6.17 Å². The van der Waals surface area contributed by atoms with E-state index in [-0.39, 0.29) is 12.7 Å². The van der Waals surface area contributed by atoms with Crippen LogP contribution in [0.2, 0.25) is 5.02 Å². The Hall–Kier alpha value is -0.660. The molecule has 0 saturated carbocycles. The van der Waals surface area contributed by atoms with Gasteiger partial charge in [0.2, 0.25) is 3.79 Å². The number of halogens is 4. The molecule has 1 aromatic rings. The van der Waals surface area contributed by atoms with Gasteiger partial charge in [-0.05, 0) is 25.0 Å². The maximum Gasteiger partial charge on any atom is 0.408 e. The van der Waals surface area contributed by atoms with Crippen molar-refractivity contribution in [3.63, 3.8) is 0 Å². The molecule has 2 atom stereocenters. The monoisotopic (exact) mass is 401 g/mol. The van der Waals surface area contributed by atoms with E-state index in [1.54, 1.807) is 12.1 Å². The van der Waals surface area contributed by atoms with Crippen LogP contribution in [0.25, 0.3) is 0 Å². The summed E-state index contributed by atoms with van der Waals surface area (Å²) >= 11 is 23.4. The number of amides is 1. The summed E-state index contributed by atoms with van der Waals surface area (Å²) < 4.78 is 8.62. The van der Waals surface area contributed by atoms with E-state index in [0.717, 1.165) is 12.8 Å². The lowest BCUT2D eigenvalue weighted by Crippen LogP contribution is -2.49. The van der Waals surface area contributed by atoms with Crippen molar-refractivity contribution < 1.29 is 14.3 Å². The van der Waals surface area contributed by atoms with E-state index in [1.165, 1.54) is 6.20 Å². The standard InChI is InChI=1S/C13H15Cl4N3O3/c14-8-3-4-10(18-6-8)19-11(13(15,16)17)20-12(21)23-7-9-2-1-5-22-9/h3-4,6,9,11H,1-2,5,7H2,(H,18,19)(H,20,21). The van der Waals surface area contributed by atoms with Crippen LogP contribution in [-0.2, 0) is 9.47 Å². The van der Waals surface area contributed by atoms with Crippen LogP contribution in [0.5, 0.6) is 0 Å². The molecule has 1 saturated heterocycles. The van der Waals surface area contributed by atoms with Crippen LogP contribution in [0.1, 0.15) is 12.8 Å². The first-order valence-electron chi connectivity index (χ1n) is 6.84. The molecule has 6 nitrogen and oxygen atoms in total. The first-order chi connectivity index (χ1) is 10.8. The van der Waals surface area contributed by atoms with Gasteiger partial charge in [-0.25, -0.2) is 9.78 Å². The van der Waals surface area contributed by atoms with E-state index in [1.807, 2.05) is 0 Å². The van der Waals surface area contributed by atoms with Crippen molar-refractivity contribution in [2.24, 2.45) is 0 Å². The number of carbonyl (C=O) groups is 1. The number of nitrogens with zero attached hydrogens (tertiary/aromatic N) is 1. The summed E-state index contributed by atoms with van der Waals surface area (Å²) in [7, 11) is 0. The van der Waals surface area contributed by atoms with Crippen LogP contribution in [0.15, 0.2) is 18.3 Å². The van der Waals surface area contributed by atoms with Gasteiger partial charge >= 0.3 is 6.09 Å². The number of nitrogens with one attached hydrogen (secondary N) is 2. The number of aromatic nitrogens is 1. The molecule has 1 fully saturated rings. The van der Waals surface area contributed by atoms with Crippen molar-refractivity contribution in [3.05, 3.63) is 23.4 Å². The molecule has 0 aliphatic carbocycles. The van der Waals surface area contributed by atoms with Crippen molar-refractivity contribution in [1.29, 1.82) is 0 Å². The highest BCUT2D eigenvalue weighted by Gasteiger charge is 2.35. The lowest BCUT2D eigenvalue weighted by molar-refractivity contribution is 0.0432. The van der Waals surface area contributed by atoms with E-state index in [2.05, 4.69) is 15.6 Å². The highest BCUT2D eigenvalue weighted by atomic mass is 35.6. The van der Waals surface area contributed by atoms with Crippen molar-refractivity contribution >= 4 is 58.3 Å². The predicted octanol–water partition coefficient (Wildman–Crippen LogP) is 3.75. The molecule has 1 amide bonds. The fourth-order valence-electron chi connectivity index (χ4n) is 1.91. The SMILES string of the molecule is O=C(NC(Nc1ccc(Cl)cn1)C(Cl)(Cl)Cl)OCC1CCCO1. The molecule has 0 radical (unpaired) electrons. The topological polar surface area (TPSA) is 72.5 Å². The number of hydrogen-bond acceptors (Lipinski definition) is 5. The minimum Gasteiger partial charge on any atom is -0.447 e. The molecule has 1 aromatic heterocycles. The number of alkyl carbamates (subject to hydrolysis) is 1. The maximum atomic E-state index is 11.9. The summed E-state index contributed by atoms with van der Waals surface area (Å²) in [6.45, 7) is 0.827. The lowest BCUT2D eigenvalue weighted by atomic mass is 10.2. The van der Waals surface area contributed by atoms with Crippen LogP contribution in [0.4, 0.5) is 10.6 Å². The van der Waals surface area contributed by atoms with Crippen molar-refractivity contribution in [3.8, 4) is 0 Å². The maximum absolute atomic E-state index is 11.9. The zero-order valence-corrected chi connectivity index (χ0v) is 14.9. The number of rotatable bonds is 5. The summed E-state index contributed by atoms with van der Waals surface area (Å²) in [4.78, 5) is 15.9. The molecule has 10 heteroatoms. The number of hydrogen-bond donors (Lipinski definition) is 2. The normalized spacial score (nSPS) is 19.2. The summed E-state index contributed by atoms with van der Waals surface area (Å²) in [6.07, 6.45) is 1.38. The fraction of sp³-hybridized carbons (Fsp3) is 0.538. The average molecular weight is 403 g/mol. The molecule has 0 aromatic carbocycles. The molecular formula is C13H15Cl4N3O3. The largest absolute Gasteiger partial charge is 0.447 e. The number of ether oxygens (including phenoxy) is 2. The van der Waals surface area contributed by atoms with Gasteiger partial charge in [-0.2, -0.15) is 0 Å². The third kappa shape index (κ3) is 6.39. The zero-order chi connectivity index (χ0) is 16.9. The van der Waals surface area contributed by atoms with E-state index in [9.17, 15) is 4.79 Å². The van der Waals surface area contributed by atoms with E-state index >= 15 is 0 Å². The Balaban J connectivity index is 1.89. The summed E-state index contributed by atoms with van der Waals surface area (Å²) in [5.41, 5.74) is 0. The Labute approximate surface area is 153 Å². The van der Waals surface area contributed by atoms with Gasteiger partial charge in [-0.15, -0.1) is 0 Å². The Bertz CT molecular complexity index is 518. The van der Waals surface area contributed by atoms with Crippen LogP contribution in [0, 0.1) is 0 Å². The van der Waals surface area contributed by atoms with Gasteiger partial charge < -0.3 is 14.8 Å². The summed E-state index contributed by atoms with van der Waals surface area (Å²) in [5, 5.41) is 5.71. The van der Waals surface area contributed by atoms with Crippen molar-refractivity contribution in [2.45, 2.75) is 28.9 Å². The van der Waals surface area contributed by atoms with Gasteiger partial charge in [0.1, 0.15) is 12.4 Å². The lowest BCUT2D eigenvalue weighted by Gasteiger charge is -2.26. The Morgan fingerprint density at radius 1 is 1.48 bits per heavy atom. The number of pyridine rings is 1. The van der Waals surface area contributed by atoms with Crippen molar-refractivity contribution in [1.82, 2.24) is 10.3 Å². The molecule has 1 aliphatic heterocycles. The molecule has 2 N–H and O–H groups in total. The first-order valence-corrected chi connectivity index (χ1v) is 8.35. The molecular weight excluding hydrogens is 388 g/mol. The first kappa shape index (κ1) is 18.7. The van der Waals surface area contributed by atoms with Gasteiger partial charge in [0.05, 0.1) is 11.1 Å². The predicted molar refractivity (Wildman–Crippen MR) is 90.4 cm³/mol. The summed E-state index contributed by atoms with van der Waals surface area (Å²) in [5.74, 6) is 0.380. The minimum atomic E-state index is -1.82.